The molecule has 2 rings (SSSR count). The molecule has 2 aromatic rings. The normalized spacial score (nSPS) is 10.3. The van der Waals surface area contributed by atoms with Crippen LogP contribution < -0.4 is 5.32 Å². The summed E-state index contributed by atoms with van der Waals surface area (Å²) in [7, 11) is 1.36. The molecule has 0 atom stereocenters. The molecular weight excluding hydrogens is 284 g/mol. The molecule has 0 radical (unpaired) electrons. The number of nitrogens with one attached hydrogen (secondary N) is 1. The van der Waals surface area contributed by atoms with E-state index in [1.54, 1.807) is 0 Å². The SMILES string of the molecule is COC(=O)Cc1csc(Nc2cc(Cl)ccc2C)n1. The predicted octanol–water partition coefficient (Wildman–Crippen LogP) is 3.56. The molecule has 0 bridgehead atoms. The minimum Gasteiger partial charge on any atom is -0.469 e. The summed E-state index contributed by atoms with van der Waals surface area (Å²) in [6.07, 6.45) is 0.184. The molecule has 0 aliphatic heterocycles. The van der Waals surface area contributed by atoms with Crippen LogP contribution in [0.5, 0.6) is 0 Å². The monoisotopic (exact) mass is 296 g/mol. The molecular formula is C13H13ClN2O2S. The first kappa shape index (κ1) is 13.8. The highest BCUT2D eigenvalue weighted by atomic mass is 35.5. The van der Waals surface area contributed by atoms with Crippen LogP contribution in [-0.4, -0.2) is 18.1 Å². The van der Waals surface area contributed by atoms with Crippen LogP contribution in [-0.2, 0) is 16.0 Å². The summed E-state index contributed by atoms with van der Waals surface area (Å²) in [5.74, 6) is -0.296. The number of rotatable bonds is 4. The van der Waals surface area contributed by atoms with E-state index in [9.17, 15) is 4.79 Å². The fourth-order valence-corrected chi connectivity index (χ4v) is 2.40. The number of hydrogen-bond acceptors (Lipinski definition) is 5. The molecule has 0 aliphatic carbocycles. The number of halogens is 1. The molecule has 0 unspecified atom stereocenters. The number of aromatic nitrogens is 1. The zero-order valence-corrected chi connectivity index (χ0v) is 12.1. The summed E-state index contributed by atoms with van der Waals surface area (Å²) in [6, 6.07) is 5.62. The number of benzene rings is 1. The molecule has 0 saturated carbocycles. The van der Waals surface area contributed by atoms with Gasteiger partial charge in [0.2, 0.25) is 0 Å². The van der Waals surface area contributed by atoms with Crippen LogP contribution >= 0.6 is 22.9 Å². The van der Waals surface area contributed by atoms with E-state index in [0.717, 1.165) is 16.4 Å². The van der Waals surface area contributed by atoms with Gasteiger partial charge >= 0.3 is 5.97 Å². The average Bonchev–Trinajstić information content (AvgIpc) is 2.81. The lowest BCUT2D eigenvalue weighted by molar-refractivity contribution is -0.139. The second-order valence-corrected chi connectivity index (χ2v) is 5.28. The molecule has 6 heteroatoms. The average molecular weight is 297 g/mol. The summed E-state index contributed by atoms with van der Waals surface area (Å²) in [6.45, 7) is 1.99. The first-order valence-electron chi connectivity index (χ1n) is 5.63. The van der Waals surface area contributed by atoms with Gasteiger partial charge in [-0.2, -0.15) is 0 Å². The summed E-state index contributed by atoms with van der Waals surface area (Å²) < 4.78 is 4.60. The Labute approximate surface area is 120 Å². The lowest BCUT2D eigenvalue weighted by atomic mass is 10.2. The first-order chi connectivity index (χ1) is 9.08. The third kappa shape index (κ3) is 3.68. The largest absolute Gasteiger partial charge is 0.469 e. The maximum absolute atomic E-state index is 11.2. The molecule has 1 N–H and O–H groups in total. The van der Waals surface area contributed by atoms with Crippen molar-refractivity contribution < 1.29 is 9.53 Å². The Kier molecular flexibility index (Phi) is 4.39. The number of anilines is 2. The molecule has 0 aliphatic rings. The molecule has 1 aromatic heterocycles. The van der Waals surface area contributed by atoms with E-state index in [0.29, 0.717) is 10.7 Å². The van der Waals surface area contributed by atoms with Crippen LogP contribution in [0.1, 0.15) is 11.3 Å². The van der Waals surface area contributed by atoms with Crippen molar-refractivity contribution in [1.29, 1.82) is 0 Å². The second kappa shape index (κ2) is 6.04. The summed E-state index contributed by atoms with van der Waals surface area (Å²) in [5.41, 5.74) is 2.68. The van der Waals surface area contributed by atoms with Gasteiger partial charge in [0, 0.05) is 16.1 Å². The van der Waals surface area contributed by atoms with Gasteiger partial charge in [0.05, 0.1) is 19.2 Å². The van der Waals surface area contributed by atoms with Gasteiger partial charge < -0.3 is 10.1 Å². The van der Waals surface area contributed by atoms with Gasteiger partial charge in [0.25, 0.3) is 0 Å². The van der Waals surface area contributed by atoms with Crippen molar-refractivity contribution in [3.63, 3.8) is 0 Å². The fraction of sp³-hybridized carbons (Fsp3) is 0.231. The Morgan fingerprint density at radius 1 is 1.53 bits per heavy atom. The number of thiazole rings is 1. The van der Waals surface area contributed by atoms with Gasteiger partial charge in [-0.3, -0.25) is 4.79 Å². The zero-order valence-electron chi connectivity index (χ0n) is 10.6. The highest BCUT2D eigenvalue weighted by Gasteiger charge is 2.08. The summed E-state index contributed by atoms with van der Waals surface area (Å²) >= 11 is 7.40. The van der Waals surface area contributed by atoms with Crippen LogP contribution in [0.4, 0.5) is 10.8 Å². The van der Waals surface area contributed by atoms with Gasteiger partial charge in [-0.05, 0) is 24.6 Å². The third-order valence-corrected chi connectivity index (χ3v) is 3.59. The maximum Gasteiger partial charge on any atom is 0.311 e. The molecule has 0 spiro atoms. The van der Waals surface area contributed by atoms with Crippen molar-refractivity contribution >= 4 is 39.7 Å². The molecule has 0 amide bonds. The maximum atomic E-state index is 11.2. The quantitative estimate of drug-likeness (QED) is 0.877. The highest BCUT2D eigenvalue weighted by molar-refractivity contribution is 7.13. The zero-order chi connectivity index (χ0) is 13.8. The van der Waals surface area contributed by atoms with Gasteiger partial charge in [-0.15, -0.1) is 11.3 Å². The van der Waals surface area contributed by atoms with Crippen molar-refractivity contribution in [2.75, 3.05) is 12.4 Å². The molecule has 1 heterocycles. The Hall–Kier alpha value is -1.59. The van der Waals surface area contributed by atoms with Crippen LogP contribution in [0, 0.1) is 6.92 Å². The van der Waals surface area contributed by atoms with E-state index < -0.39 is 0 Å². The van der Waals surface area contributed by atoms with Crippen LogP contribution in [0.3, 0.4) is 0 Å². The van der Waals surface area contributed by atoms with Crippen molar-refractivity contribution in [3.8, 4) is 0 Å². The predicted molar refractivity (Wildman–Crippen MR) is 77.3 cm³/mol. The Bertz CT molecular complexity index is 598. The number of methoxy groups -OCH3 is 1. The van der Waals surface area contributed by atoms with Crippen molar-refractivity contribution in [1.82, 2.24) is 4.98 Å². The van der Waals surface area contributed by atoms with Crippen LogP contribution in [0.15, 0.2) is 23.6 Å². The second-order valence-electron chi connectivity index (χ2n) is 3.98. The van der Waals surface area contributed by atoms with E-state index in [2.05, 4.69) is 15.0 Å². The highest BCUT2D eigenvalue weighted by Crippen LogP contribution is 2.26. The number of esters is 1. The van der Waals surface area contributed by atoms with Crippen molar-refractivity contribution in [2.45, 2.75) is 13.3 Å². The fourth-order valence-electron chi connectivity index (χ4n) is 1.51. The van der Waals surface area contributed by atoms with Gasteiger partial charge in [0.15, 0.2) is 5.13 Å². The number of carbonyl (C=O) groups is 1. The Morgan fingerprint density at radius 2 is 2.32 bits per heavy atom. The number of hydrogen-bond donors (Lipinski definition) is 1. The molecule has 4 nitrogen and oxygen atoms in total. The third-order valence-electron chi connectivity index (χ3n) is 2.55. The lowest BCUT2D eigenvalue weighted by Gasteiger charge is -2.06. The van der Waals surface area contributed by atoms with E-state index in [4.69, 9.17) is 11.6 Å². The van der Waals surface area contributed by atoms with Crippen molar-refractivity contribution in [3.05, 3.63) is 39.9 Å². The summed E-state index contributed by atoms with van der Waals surface area (Å²) in [4.78, 5) is 15.5. The van der Waals surface area contributed by atoms with Crippen LogP contribution in [0.25, 0.3) is 0 Å². The summed E-state index contributed by atoms with van der Waals surface area (Å²) in [5, 5.41) is 6.42. The van der Waals surface area contributed by atoms with Gasteiger partial charge in [-0.25, -0.2) is 4.98 Å². The van der Waals surface area contributed by atoms with Gasteiger partial charge in [0.1, 0.15) is 0 Å². The Balaban J connectivity index is 2.11. The Morgan fingerprint density at radius 3 is 3.05 bits per heavy atom. The van der Waals surface area contributed by atoms with Crippen LogP contribution in [0.2, 0.25) is 5.02 Å². The van der Waals surface area contributed by atoms with Crippen molar-refractivity contribution in [2.24, 2.45) is 0 Å². The molecule has 100 valence electrons. The molecule has 0 fully saturated rings. The van der Waals surface area contributed by atoms with E-state index in [1.807, 2.05) is 30.5 Å². The molecule has 0 saturated heterocycles. The first-order valence-corrected chi connectivity index (χ1v) is 6.88. The van der Waals surface area contributed by atoms with E-state index in [1.165, 1.54) is 18.4 Å². The number of ether oxygens (including phenoxy) is 1. The number of nitrogens with zero attached hydrogens (tertiary/aromatic N) is 1. The smallest absolute Gasteiger partial charge is 0.311 e. The van der Waals surface area contributed by atoms with E-state index >= 15 is 0 Å². The minimum atomic E-state index is -0.296. The minimum absolute atomic E-state index is 0.184. The standard InChI is InChI=1S/C13H13ClN2O2S/c1-8-3-4-9(14)5-11(8)16-13-15-10(7-19-13)6-12(17)18-2/h3-5,7H,6H2,1-2H3,(H,15,16). The number of aryl methyl sites for hydroxylation is 1. The topological polar surface area (TPSA) is 51.2 Å². The molecule has 1 aromatic carbocycles. The lowest BCUT2D eigenvalue weighted by Crippen LogP contribution is -2.04. The molecule has 19 heavy (non-hydrogen) atoms. The van der Waals surface area contributed by atoms with E-state index in [-0.39, 0.29) is 12.4 Å². The van der Waals surface area contributed by atoms with Gasteiger partial charge in [-0.1, -0.05) is 17.7 Å². The number of carbonyl (C=O) groups excluding carboxylic acids is 1.